The maximum absolute atomic E-state index is 12.3. The number of carboxylic acid groups (broad SMARTS) is 1. The van der Waals surface area contributed by atoms with Crippen LogP contribution < -0.4 is 26.4 Å². The third-order valence-corrected chi connectivity index (χ3v) is 6.50. The Kier molecular flexibility index (Phi) is 8.75. The monoisotopic (exact) mass is 481 g/mol. The third kappa shape index (κ3) is 7.37. The molecule has 2 amide bonds. The summed E-state index contributed by atoms with van der Waals surface area (Å²) in [5.74, 6) is -2.21. The van der Waals surface area contributed by atoms with Crippen molar-refractivity contribution in [1.82, 2.24) is 20.7 Å². The van der Waals surface area contributed by atoms with Gasteiger partial charge in [0.1, 0.15) is 6.04 Å². The molecule has 1 unspecified atom stereocenters. The van der Waals surface area contributed by atoms with Crippen LogP contribution in [0.15, 0.2) is 59.8 Å². The molecule has 0 spiro atoms. The molecule has 0 fully saturated rings. The highest BCUT2D eigenvalue weighted by Gasteiger charge is 2.26. The summed E-state index contributed by atoms with van der Waals surface area (Å²) in [6, 6.07) is 8.55. The average Bonchev–Trinajstić information content (AvgIpc) is 3.24. The van der Waals surface area contributed by atoms with E-state index in [9.17, 15) is 27.9 Å². The van der Waals surface area contributed by atoms with Crippen LogP contribution in [0.2, 0.25) is 0 Å². The molecular formula is C19H23N5O6S2. The molecule has 1 aromatic heterocycles. The molecule has 1 aromatic carbocycles. The SMILES string of the molecule is C=C(N)NCCNC(=O)c1ccc(C(=O)NCC(NS(=O)(=O)c2ccccc2)C(=O)O)s1. The number of nitrogens with one attached hydrogen (secondary N) is 4. The van der Waals surface area contributed by atoms with Crippen molar-refractivity contribution in [1.29, 1.82) is 0 Å². The Labute approximate surface area is 188 Å². The van der Waals surface area contributed by atoms with E-state index in [0.717, 1.165) is 11.3 Å². The highest BCUT2D eigenvalue weighted by molar-refractivity contribution is 7.89. The van der Waals surface area contributed by atoms with E-state index in [4.69, 9.17) is 5.73 Å². The van der Waals surface area contributed by atoms with E-state index < -0.39 is 40.4 Å². The zero-order valence-electron chi connectivity index (χ0n) is 16.8. The Morgan fingerprint density at radius 1 is 0.969 bits per heavy atom. The molecule has 32 heavy (non-hydrogen) atoms. The molecule has 2 aromatic rings. The first kappa shape index (κ1) is 24.8. The lowest BCUT2D eigenvalue weighted by molar-refractivity contribution is -0.138. The molecule has 1 atom stereocenters. The largest absolute Gasteiger partial charge is 0.480 e. The second-order valence-electron chi connectivity index (χ2n) is 6.41. The van der Waals surface area contributed by atoms with Gasteiger partial charge in [-0.3, -0.25) is 14.4 Å². The number of carbonyl (C=O) groups is 3. The zero-order valence-corrected chi connectivity index (χ0v) is 18.5. The van der Waals surface area contributed by atoms with Crippen molar-refractivity contribution in [2.75, 3.05) is 19.6 Å². The Hall–Kier alpha value is -3.42. The van der Waals surface area contributed by atoms with Crippen molar-refractivity contribution in [2.24, 2.45) is 5.73 Å². The number of rotatable bonds is 12. The van der Waals surface area contributed by atoms with Crippen LogP contribution >= 0.6 is 11.3 Å². The summed E-state index contributed by atoms with van der Waals surface area (Å²) in [7, 11) is -4.09. The summed E-state index contributed by atoms with van der Waals surface area (Å²) in [6.45, 7) is 3.65. The summed E-state index contributed by atoms with van der Waals surface area (Å²) in [6.07, 6.45) is 0. The van der Waals surface area contributed by atoms with Crippen molar-refractivity contribution in [2.45, 2.75) is 10.9 Å². The first-order valence-electron chi connectivity index (χ1n) is 9.25. The second-order valence-corrected chi connectivity index (χ2v) is 9.20. The quantitative estimate of drug-likeness (QED) is 0.223. The van der Waals surface area contributed by atoms with Crippen molar-refractivity contribution < 1.29 is 27.9 Å². The van der Waals surface area contributed by atoms with Gasteiger partial charge in [-0.1, -0.05) is 24.8 Å². The second kappa shape index (κ2) is 11.3. The van der Waals surface area contributed by atoms with E-state index in [0.29, 0.717) is 6.54 Å². The lowest BCUT2D eigenvalue weighted by atomic mass is 10.3. The number of hydrogen-bond acceptors (Lipinski definition) is 8. The number of carbonyl (C=O) groups excluding carboxylic acids is 2. The predicted molar refractivity (Wildman–Crippen MR) is 119 cm³/mol. The zero-order chi connectivity index (χ0) is 23.7. The maximum atomic E-state index is 12.3. The van der Waals surface area contributed by atoms with Crippen LogP contribution in [0.1, 0.15) is 19.3 Å². The maximum Gasteiger partial charge on any atom is 0.323 e. The molecule has 0 aliphatic rings. The minimum Gasteiger partial charge on any atom is -0.480 e. The first-order chi connectivity index (χ1) is 15.1. The number of thiophene rings is 1. The van der Waals surface area contributed by atoms with E-state index >= 15 is 0 Å². The normalized spacial score (nSPS) is 11.9. The molecule has 0 aliphatic carbocycles. The number of hydrogen-bond donors (Lipinski definition) is 6. The molecular weight excluding hydrogens is 458 g/mol. The molecule has 13 heteroatoms. The fourth-order valence-electron chi connectivity index (χ4n) is 2.38. The van der Waals surface area contributed by atoms with Crippen molar-refractivity contribution >= 4 is 39.1 Å². The first-order valence-corrected chi connectivity index (χ1v) is 11.5. The van der Waals surface area contributed by atoms with E-state index in [-0.39, 0.29) is 27.0 Å². The highest BCUT2D eigenvalue weighted by atomic mass is 32.2. The fourth-order valence-corrected chi connectivity index (χ4v) is 4.43. The highest BCUT2D eigenvalue weighted by Crippen LogP contribution is 2.16. The smallest absolute Gasteiger partial charge is 0.323 e. The molecule has 0 radical (unpaired) electrons. The number of nitrogens with two attached hydrogens (primary N) is 1. The minimum absolute atomic E-state index is 0.0996. The number of sulfonamides is 1. The fraction of sp³-hybridized carbons (Fsp3) is 0.211. The van der Waals surface area contributed by atoms with Crippen LogP contribution in [-0.2, 0) is 14.8 Å². The van der Waals surface area contributed by atoms with E-state index in [1.807, 2.05) is 0 Å². The van der Waals surface area contributed by atoms with Crippen LogP contribution in [0.3, 0.4) is 0 Å². The Balaban J connectivity index is 1.93. The minimum atomic E-state index is -4.09. The molecule has 0 saturated heterocycles. The molecule has 172 valence electrons. The molecule has 11 nitrogen and oxygen atoms in total. The van der Waals surface area contributed by atoms with Gasteiger partial charge in [-0.15, -0.1) is 11.3 Å². The van der Waals surface area contributed by atoms with E-state index in [2.05, 4.69) is 27.3 Å². The van der Waals surface area contributed by atoms with Gasteiger partial charge in [0.05, 0.1) is 20.5 Å². The van der Waals surface area contributed by atoms with Gasteiger partial charge in [0.2, 0.25) is 10.0 Å². The summed E-state index contributed by atoms with van der Waals surface area (Å²) < 4.78 is 26.7. The molecule has 2 rings (SSSR count). The predicted octanol–water partition coefficient (Wildman–Crippen LogP) is -0.341. The third-order valence-electron chi connectivity index (χ3n) is 3.93. The van der Waals surface area contributed by atoms with Crippen LogP contribution in [-0.4, -0.2) is 57.0 Å². The topological polar surface area (TPSA) is 180 Å². The van der Waals surface area contributed by atoms with Gasteiger partial charge in [-0.05, 0) is 24.3 Å². The van der Waals surface area contributed by atoms with Crippen molar-refractivity contribution in [3.05, 3.63) is 64.6 Å². The van der Waals surface area contributed by atoms with Gasteiger partial charge < -0.3 is 26.8 Å². The summed E-state index contributed by atoms with van der Waals surface area (Å²) in [5.41, 5.74) is 5.35. The molecule has 0 saturated carbocycles. The Bertz CT molecular complexity index is 1080. The summed E-state index contributed by atoms with van der Waals surface area (Å²) in [4.78, 5) is 36.3. The molecule has 1 heterocycles. The van der Waals surface area contributed by atoms with E-state index in [1.54, 1.807) is 6.07 Å². The van der Waals surface area contributed by atoms with Crippen LogP contribution in [0.5, 0.6) is 0 Å². The van der Waals surface area contributed by atoms with Crippen LogP contribution in [0.4, 0.5) is 0 Å². The number of benzene rings is 1. The van der Waals surface area contributed by atoms with Gasteiger partial charge in [-0.2, -0.15) is 4.72 Å². The lowest BCUT2D eigenvalue weighted by Gasteiger charge is -2.15. The van der Waals surface area contributed by atoms with Crippen LogP contribution in [0, 0.1) is 0 Å². The Morgan fingerprint density at radius 3 is 2.09 bits per heavy atom. The molecule has 0 aliphatic heterocycles. The van der Waals surface area contributed by atoms with Crippen molar-refractivity contribution in [3.8, 4) is 0 Å². The standard InChI is InChI=1S/C19H23N5O6S2/c1-12(20)21-9-10-22-17(25)15-7-8-16(31-15)18(26)23-11-14(19(27)28)24-32(29,30)13-5-3-2-4-6-13/h2-8,14,21,24H,1,9-11,20H2,(H,22,25)(H,23,26)(H,27,28). The summed E-state index contributed by atoms with van der Waals surface area (Å²) in [5, 5.41) is 17.1. The van der Waals surface area contributed by atoms with Gasteiger partial charge in [0, 0.05) is 19.6 Å². The van der Waals surface area contributed by atoms with Crippen molar-refractivity contribution in [3.63, 3.8) is 0 Å². The van der Waals surface area contributed by atoms with E-state index in [1.165, 1.54) is 36.4 Å². The molecule has 0 bridgehead atoms. The average molecular weight is 482 g/mol. The lowest BCUT2D eigenvalue weighted by Crippen LogP contribution is -2.48. The van der Waals surface area contributed by atoms with Gasteiger partial charge >= 0.3 is 5.97 Å². The number of aliphatic carboxylic acids is 1. The number of carboxylic acids is 1. The van der Waals surface area contributed by atoms with Gasteiger partial charge in [0.15, 0.2) is 0 Å². The van der Waals surface area contributed by atoms with Gasteiger partial charge in [-0.25, -0.2) is 8.42 Å². The summed E-state index contributed by atoms with van der Waals surface area (Å²) >= 11 is 0.911. The van der Waals surface area contributed by atoms with Gasteiger partial charge in [0.25, 0.3) is 11.8 Å². The Morgan fingerprint density at radius 2 is 1.53 bits per heavy atom. The molecule has 7 N–H and O–H groups in total. The number of amides is 2. The van der Waals surface area contributed by atoms with Crippen LogP contribution in [0.25, 0.3) is 0 Å².